The first kappa shape index (κ1) is 11.5. The van der Waals surface area contributed by atoms with Crippen molar-refractivity contribution in [1.29, 1.82) is 5.26 Å². The highest BCUT2D eigenvalue weighted by Crippen LogP contribution is 2.38. The minimum atomic E-state index is -0.734. The van der Waals surface area contributed by atoms with E-state index in [1.54, 1.807) is 0 Å². The highest BCUT2D eigenvalue weighted by Gasteiger charge is 2.43. The first-order valence-electron chi connectivity index (χ1n) is 5.44. The molecule has 2 unspecified atom stereocenters. The molecule has 3 nitrogen and oxygen atoms in total. The van der Waals surface area contributed by atoms with Crippen LogP contribution in [0.4, 0.5) is 0 Å². The minimum Gasteiger partial charge on any atom is -0.375 e. The molecule has 80 valence electrons. The van der Waals surface area contributed by atoms with Crippen molar-refractivity contribution in [2.45, 2.75) is 51.2 Å². The van der Waals surface area contributed by atoms with E-state index in [1.165, 1.54) is 0 Å². The van der Waals surface area contributed by atoms with Crippen molar-refractivity contribution in [3.8, 4) is 6.07 Å². The summed E-state index contributed by atoms with van der Waals surface area (Å²) in [6, 6.07) is 2.19. The van der Waals surface area contributed by atoms with Crippen LogP contribution in [0.1, 0.15) is 39.5 Å². The zero-order chi connectivity index (χ0) is 10.6. The second kappa shape index (κ2) is 4.77. The predicted molar refractivity (Wildman–Crippen MR) is 55.6 cm³/mol. The molecule has 3 heteroatoms. The van der Waals surface area contributed by atoms with Crippen molar-refractivity contribution >= 4 is 0 Å². The first-order chi connectivity index (χ1) is 6.62. The molecule has 1 saturated carbocycles. The van der Waals surface area contributed by atoms with Crippen LogP contribution in [0.15, 0.2) is 0 Å². The van der Waals surface area contributed by atoms with Crippen LogP contribution in [0, 0.1) is 17.2 Å². The first-order valence-corrected chi connectivity index (χ1v) is 5.44. The molecule has 0 bridgehead atoms. The van der Waals surface area contributed by atoms with E-state index in [9.17, 15) is 0 Å². The van der Waals surface area contributed by atoms with Crippen LogP contribution in [0.2, 0.25) is 0 Å². The van der Waals surface area contributed by atoms with Gasteiger partial charge in [-0.05, 0) is 32.1 Å². The summed E-state index contributed by atoms with van der Waals surface area (Å²) in [6.45, 7) is 4.55. The molecule has 1 aliphatic rings. The molecule has 1 fully saturated rings. The zero-order valence-corrected chi connectivity index (χ0v) is 9.12. The van der Waals surface area contributed by atoms with Crippen LogP contribution in [0.5, 0.6) is 0 Å². The maximum absolute atomic E-state index is 8.98. The summed E-state index contributed by atoms with van der Waals surface area (Å²) in [5.41, 5.74) is 5.23. The molecule has 0 spiro atoms. The Morgan fingerprint density at radius 1 is 1.64 bits per heavy atom. The summed E-state index contributed by atoms with van der Waals surface area (Å²) in [6.07, 6.45) is 4.52. The van der Waals surface area contributed by atoms with Gasteiger partial charge in [-0.25, -0.2) is 0 Å². The van der Waals surface area contributed by atoms with Crippen molar-refractivity contribution in [2.24, 2.45) is 11.7 Å². The Hall–Kier alpha value is -0.590. The van der Waals surface area contributed by atoms with E-state index in [2.05, 4.69) is 13.0 Å². The molecule has 0 saturated heterocycles. The van der Waals surface area contributed by atoms with Gasteiger partial charge in [-0.1, -0.05) is 13.3 Å². The largest absolute Gasteiger partial charge is 0.375 e. The Morgan fingerprint density at radius 2 is 2.29 bits per heavy atom. The summed E-state index contributed by atoms with van der Waals surface area (Å²) < 4.78 is 5.59. The monoisotopic (exact) mass is 196 g/mol. The van der Waals surface area contributed by atoms with Gasteiger partial charge >= 0.3 is 0 Å². The van der Waals surface area contributed by atoms with E-state index < -0.39 is 5.54 Å². The van der Waals surface area contributed by atoms with E-state index >= 15 is 0 Å². The lowest BCUT2D eigenvalue weighted by molar-refractivity contribution is 0.0329. The number of nitriles is 1. The lowest BCUT2D eigenvalue weighted by Gasteiger charge is -2.23. The summed E-state index contributed by atoms with van der Waals surface area (Å²) >= 11 is 0. The van der Waals surface area contributed by atoms with Crippen molar-refractivity contribution in [2.75, 3.05) is 6.61 Å². The molecule has 0 radical (unpaired) electrons. The van der Waals surface area contributed by atoms with Gasteiger partial charge in [0, 0.05) is 0 Å². The van der Waals surface area contributed by atoms with Crippen LogP contribution in [0.25, 0.3) is 0 Å². The Bertz CT molecular complexity index is 220. The second-order valence-electron chi connectivity index (χ2n) is 4.34. The standard InChI is InChI=1S/C11H20N2O/c1-3-4-9(2)14-8-11(13,7-12)10-5-6-10/h9-10H,3-6,8,13H2,1-2H3. The summed E-state index contributed by atoms with van der Waals surface area (Å²) in [4.78, 5) is 0. The van der Waals surface area contributed by atoms with Crippen LogP contribution >= 0.6 is 0 Å². The predicted octanol–water partition coefficient (Wildman–Crippen LogP) is 1.82. The molecule has 14 heavy (non-hydrogen) atoms. The molecule has 1 aliphatic carbocycles. The highest BCUT2D eigenvalue weighted by atomic mass is 16.5. The van der Waals surface area contributed by atoms with E-state index in [1.807, 2.05) is 6.92 Å². The number of nitrogens with zero attached hydrogens (tertiary/aromatic N) is 1. The van der Waals surface area contributed by atoms with Gasteiger partial charge in [0.1, 0.15) is 5.54 Å². The normalized spacial score (nSPS) is 22.4. The fourth-order valence-electron chi connectivity index (χ4n) is 1.61. The fraction of sp³-hybridized carbons (Fsp3) is 0.909. The van der Waals surface area contributed by atoms with Crippen molar-refractivity contribution in [3.05, 3.63) is 0 Å². The maximum Gasteiger partial charge on any atom is 0.130 e. The average Bonchev–Trinajstić information content (AvgIpc) is 2.98. The van der Waals surface area contributed by atoms with Gasteiger partial charge in [0.05, 0.1) is 18.8 Å². The number of nitrogens with two attached hydrogens (primary N) is 1. The van der Waals surface area contributed by atoms with Crippen molar-refractivity contribution < 1.29 is 4.74 Å². The summed E-state index contributed by atoms with van der Waals surface area (Å²) in [5.74, 6) is 0.362. The topological polar surface area (TPSA) is 59.0 Å². The molecule has 0 amide bonds. The van der Waals surface area contributed by atoms with Gasteiger partial charge in [0.15, 0.2) is 0 Å². The lowest BCUT2D eigenvalue weighted by atomic mass is 9.98. The Morgan fingerprint density at radius 3 is 2.71 bits per heavy atom. The number of rotatable bonds is 6. The highest BCUT2D eigenvalue weighted by molar-refractivity contribution is 5.13. The smallest absolute Gasteiger partial charge is 0.130 e. The van der Waals surface area contributed by atoms with Gasteiger partial charge in [0.2, 0.25) is 0 Å². The van der Waals surface area contributed by atoms with E-state index in [-0.39, 0.29) is 6.10 Å². The SMILES string of the molecule is CCCC(C)OCC(N)(C#N)C1CC1. The molecule has 2 atom stereocenters. The zero-order valence-electron chi connectivity index (χ0n) is 9.12. The maximum atomic E-state index is 8.98. The molecule has 0 aromatic heterocycles. The van der Waals surface area contributed by atoms with Crippen LogP contribution in [0.3, 0.4) is 0 Å². The van der Waals surface area contributed by atoms with Crippen molar-refractivity contribution in [1.82, 2.24) is 0 Å². The Labute approximate surface area is 86.2 Å². The molecule has 0 aliphatic heterocycles. The molecule has 0 aromatic carbocycles. The third-order valence-electron chi connectivity index (χ3n) is 2.82. The molecular weight excluding hydrogens is 176 g/mol. The molecule has 0 aromatic rings. The quantitative estimate of drug-likeness (QED) is 0.705. The number of ether oxygens (including phenoxy) is 1. The van der Waals surface area contributed by atoms with E-state index in [0.717, 1.165) is 25.7 Å². The van der Waals surface area contributed by atoms with Crippen LogP contribution < -0.4 is 5.73 Å². The van der Waals surface area contributed by atoms with Gasteiger partial charge in [0.25, 0.3) is 0 Å². The second-order valence-corrected chi connectivity index (χ2v) is 4.34. The Balaban J connectivity index is 2.31. The third kappa shape index (κ3) is 2.97. The van der Waals surface area contributed by atoms with E-state index in [0.29, 0.717) is 12.5 Å². The van der Waals surface area contributed by atoms with E-state index in [4.69, 9.17) is 15.7 Å². The van der Waals surface area contributed by atoms with Gasteiger partial charge in [-0.15, -0.1) is 0 Å². The number of hydrogen-bond acceptors (Lipinski definition) is 3. The molecule has 1 rings (SSSR count). The van der Waals surface area contributed by atoms with Gasteiger partial charge in [-0.2, -0.15) is 5.26 Å². The lowest BCUT2D eigenvalue weighted by Crippen LogP contribution is -2.46. The van der Waals surface area contributed by atoms with Gasteiger partial charge in [-0.3, -0.25) is 0 Å². The average molecular weight is 196 g/mol. The summed E-state index contributed by atoms with van der Waals surface area (Å²) in [7, 11) is 0. The molecule has 2 N–H and O–H groups in total. The molecular formula is C11H20N2O. The van der Waals surface area contributed by atoms with Crippen molar-refractivity contribution in [3.63, 3.8) is 0 Å². The molecule has 0 heterocycles. The third-order valence-corrected chi connectivity index (χ3v) is 2.82. The van der Waals surface area contributed by atoms with Gasteiger partial charge < -0.3 is 10.5 Å². The number of hydrogen-bond donors (Lipinski definition) is 1. The summed E-state index contributed by atoms with van der Waals surface area (Å²) in [5, 5.41) is 8.98. The Kier molecular flexibility index (Phi) is 3.91. The minimum absolute atomic E-state index is 0.218. The van der Waals surface area contributed by atoms with Crippen LogP contribution in [-0.2, 0) is 4.74 Å². The fourth-order valence-corrected chi connectivity index (χ4v) is 1.61. The van der Waals surface area contributed by atoms with Crippen LogP contribution in [-0.4, -0.2) is 18.2 Å².